The number of carbonyl (C=O) groups excluding carboxylic acids is 2. The molecule has 0 N–H and O–H groups in total. The van der Waals surface area contributed by atoms with Crippen LogP contribution in [0.3, 0.4) is 0 Å². The lowest BCUT2D eigenvalue weighted by molar-refractivity contribution is 0.0549. The van der Waals surface area contributed by atoms with Crippen molar-refractivity contribution in [2.75, 3.05) is 20.8 Å². The zero-order valence-electron chi connectivity index (χ0n) is 19.6. The maximum atomic E-state index is 12.9. The number of carbonyl (C=O) groups is 2. The lowest BCUT2D eigenvalue weighted by atomic mass is 10.0. The molecule has 0 unspecified atom stereocenters. The second-order valence-corrected chi connectivity index (χ2v) is 7.65. The van der Waals surface area contributed by atoms with Gasteiger partial charge in [-0.05, 0) is 37.1 Å². The van der Waals surface area contributed by atoms with Gasteiger partial charge < -0.3 is 18.8 Å². The second kappa shape index (κ2) is 11.1. The molecule has 180 valence electrons. The van der Waals surface area contributed by atoms with Gasteiger partial charge in [0.25, 0.3) is 0 Å². The molecular weight excluding hydrogens is 448 g/mol. The Bertz CT molecular complexity index is 1280. The van der Waals surface area contributed by atoms with E-state index in [0.29, 0.717) is 23.6 Å². The lowest BCUT2D eigenvalue weighted by Gasteiger charge is -2.11. The predicted molar refractivity (Wildman–Crippen MR) is 129 cm³/mol. The van der Waals surface area contributed by atoms with Crippen molar-refractivity contribution in [1.82, 2.24) is 19.3 Å². The number of para-hydroxylation sites is 2. The molecule has 0 aliphatic carbocycles. The van der Waals surface area contributed by atoms with Crippen LogP contribution in [0.2, 0.25) is 0 Å². The van der Waals surface area contributed by atoms with Crippen LogP contribution in [0.4, 0.5) is 0 Å². The number of aromatic nitrogens is 4. The van der Waals surface area contributed by atoms with Crippen LogP contribution in [0.5, 0.6) is 5.75 Å². The first-order chi connectivity index (χ1) is 17.1. The number of rotatable bonds is 10. The molecule has 0 bridgehead atoms. The van der Waals surface area contributed by atoms with Gasteiger partial charge in [-0.1, -0.05) is 30.3 Å². The Morgan fingerprint density at radius 1 is 0.914 bits per heavy atom. The molecule has 9 nitrogen and oxygen atoms in total. The van der Waals surface area contributed by atoms with E-state index in [-0.39, 0.29) is 17.0 Å². The quantitative estimate of drug-likeness (QED) is 0.251. The van der Waals surface area contributed by atoms with Gasteiger partial charge >= 0.3 is 11.9 Å². The number of aryl methyl sites for hydroxylation is 1. The van der Waals surface area contributed by atoms with E-state index in [1.165, 1.54) is 18.9 Å². The minimum atomic E-state index is -0.703. The summed E-state index contributed by atoms with van der Waals surface area (Å²) in [6, 6.07) is 16.3. The number of hydrogen-bond acceptors (Lipinski definition) is 7. The number of benzene rings is 2. The summed E-state index contributed by atoms with van der Waals surface area (Å²) in [5, 5.41) is 4.65. The highest BCUT2D eigenvalue weighted by Gasteiger charge is 2.32. The predicted octanol–water partition coefficient (Wildman–Crippen LogP) is 4.17. The molecule has 0 amide bonds. The molecule has 0 aliphatic heterocycles. The number of ether oxygens (including phenoxy) is 3. The van der Waals surface area contributed by atoms with E-state index in [0.717, 1.165) is 19.4 Å². The molecular formula is C26H26N4O5. The normalized spacial score (nSPS) is 10.7. The number of nitrogens with zero attached hydrogens (tertiary/aromatic N) is 4. The van der Waals surface area contributed by atoms with E-state index in [2.05, 4.69) is 10.1 Å². The smallest absolute Gasteiger partial charge is 0.357 e. The van der Waals surface area contributed by atoms with Crippen LogP contribution < -0.4 is 4.74 Å². The lowest BCUT2D eigenvalue weighted by Crippen LogP contribution is -2.15. The van der Waals surface area contributed by atoms with E-state index in [9.17, 15) is 9.59 Å². The van der Waals surface area contributed by atoms with Gasteiger partial charge in [0.1, 0.15) is 17.0 Å². The number of imidazole rings is 1. The third kappa shape index (κ3) is 5.24. The van der Waals surface area contributed by atoms with Gasteiger partial charge in [-0.15, -0.1) is 0 Å². The third-order valence-electron chi connectivity index (χ3n) is 5.42. The van der Waals surface area contributed by atoms with Gasteiger partial charge in [-0.2, -0.15) is 5.10 Å². The largest absolute Gasteiger partial charge is 0.493 e. The summed E-state index contributed by atoms with van der Waals surface area (Å²) >= 11 is 0. The Labute approximate surface area is 202 Å². The number of esters is 2. The molecule has 0 aliphatic rings. The molecule has 4 aromatic rings. The standard InChI is InChI=1S/C26H26N4O5/c1-33-25(31)22-23(28-30(24(22)26(32)34-2)19-10-4-3-5-11-19)20-12-6-7-13-21(20)35-17-9-8-15-29-16-14-27-18-29/h3-7,10-14,16,18H,8-9,15,17H2,1-2H3. The van der Waals surface area contributed by atoms with E-state index >= 15 is 0 Å². The second-order valence-electron chi connectivity index (χ2n) is 7.65. The van der Waals surface area contributed by atoms with Gasteiger partial charge in [0.15, 0.2) is 5.69 Å². The molecule has 2 heterocycles. The van der Waals surface area contributed by atoms with E-state index < -0.39 is 11.9 Å². The maximum absolute atomic E-state index is 12.9. The summed E-state index contributed by atoms with van der Waals surface area (Å²) in [6.07, 6.45) is 7.20. The van der Waals surface area contributed by atoms with Crippen LogP contribution in [-0.2, 0) is 16.0 Å². The Morgan fingerprint density at radius 3 is 2.37 bits per heavy atom. The van der Waals surface area contributed by atoms with Crippen molar-refractivity contribution in [2.24, 2.45) is 0 Å². The highest BCUT2D eigenvalue weighted by Crippen LogP contribution is 2.35. The Balaban J connectivity index is 1.69. The first-order valence-electron chi connectivity index (χ1n) is 11.2. The summed E-state index contributed by atoms with van der Waals surface area (Å²) < 4.78 is 19.5. The third-order valence-corrected chi connectivity index (χ3v) is 5.42. The van der Waals surface area contributed by atoms with Crippen LogP contribution in [0, 0.1) is 0 Å². The maximum Gasteiger partial charge on any atom is 0.357 e. The highest BCUT2D eigenvalue weighted by atomic mass is 16.5. The van der Waals surface area contributed by atoms with Gasteiger partial charge in [-0.3, -0.25) is 0 Å². The van der Waals surface area contributed by atoms with Gasteiger partial charge in [0.2, 0.25) is 0 Å². The average Bonchev–Trinajstić information content (AvgIpc) is 3.56. The molecule has 0 spiro atoms. The van der Waals surface area contributed by atoms with E-state index in [1.807, 2.05) is 47.2 Å². The van der Waals surface area contributed by atoms with Gasteiger partial charge in [-0.25, -0.2) is 19.3 Å². The fourth-order valence-electron chi connectivity index (χ4n) is 3.73. The molecule has 9 heteroatoms. The molecule has 4 rings (SSSR count). The van der Waals surface area contributed by atoms with Crippen molar-refractivity contribution in [1.29, 1.82) is 0 Å². The summed E-state index contributed by atoms with van der Waals surface area (Å²) in [7, 11) is 2.52. The average molecular weight is 475 g/mol. The van der Waals surface area contributed by atoms with Crippen LogP contribution >= 0.6 is 0 Å². The SMILES string of the molecule is COC(=O)c1c(-c2ccccc2OCCCCn2ccnc2)nn(-c2ccccc2)c1C(=O)OC. The fourth-order valence-corrected chi connectivity index (χ4v) is 3.73. The summed E-state index contributed by atoms with van der Waals surface area (Å²) in [5.41, 5.74) is 1.44. The van der Waals surface area contributed by atoms with Crippen molar-refractivity contribution >= 4 is 11.9 Å². The Kier molecular flexibility index (Phi) is 7.57. The van der Waals surface area contributed by atoms with Gasteiger partial charge in [0.05, 0.1) is 32.8 Å². The fraction of sp³-hybridized carbons (Fsp3) is 0.231. The molecule has 0 saturated carbocycles. The number of hydrogen-bond donors (Lipinski definition) is 0. The number of methoxy groups -OCH3 is 2. The van der Waals surface area contributed by atoms with Crippen LogP contribution in [-0.4, -0.2) is 52.1 Å². The van der Waals surface area contributed by atoms with E-state index in [1.54, 1.807) is 30.7 Å². The molecule has 0 radical (unpaired) electrons. The summed E-state index contributed by atoms with van der Waals surface area (Å²) in [5.74, 6) is -0.849. The zero-order chi connectivity index (χ0) is 24.6. The molecule has 2 aromatic carbocycles. The Morgan fingerprint density at radius 2 is 1.66 bits per heavy atom. The summed E-state index contributed by atoms with van der Waals surface area (Å²) in [6.45, 7) is 1.32. The minimum Gasteiger partial charge on any atom is -0.493 e. The first-order valence-corrected chi connectivity index (χ1v) is 11.2. The molecule has 35 heavy (non-hydrogen) atoms. The van der Waals surface area contributed by atoms with Gasteiger partial charge in [0, 0.05) is 24.5 Å². The molecule has 0 saturated heterocycles. The highest BCUT2D eigenvalue weighted by molar-refractivity contribution is 6.07. The first kappa shape index (κ1) is 23.7. The van der Waals surface area contributed by atoms with Crippen LogP contribution in [0.1, 0.15) is 33.7 Å². The van der Waals surface area contributed by atoms with Crippen LogP contribution in [0.25, 0.3) is 16.9 Å². The monoisotopic (exact) mass is 474 g/mol. The molecule has 0 atom stereocenters. The Hall–Kier alpha value is -4.40. The molecule has 0 fully saturated rings. The van der Waals surface area contributed by atoms with E-state index in [4.69, 9.17) is 14.2 Å². The van der Waals surface area contributed by atoms with Crippen molar-refractivity contribution < 1.29 is 23.8 Å². The topological polar surface area (TPSA) is 97.5 Å². The minimum absolute atomic E-state index is 0.0133. The zero-order valence-corrected chi connectivity index (χ0v) is 19.6. The van der Waals surface area contributed by atoms with Crippen molar-refractivity contribution in [2.45, 2.75) is 19.4 Å². The van der Waals surface area contributed by atoms with Crippen molar-refractivity contribution in [3.05, 3.63) is 84.6 Å². The molecule has 2 aromatic heterocycles. The van der Waals surface area contributed by atoms with Crippen molar-refractivity contribution in [3.63, 3.8) is 0 Å². The summed E-state index contributed by atoms with van der Waals surface area (Å²) in [4.78, 5) is 29.7. The number of unbranched alkanes of at least 4 members (excludes halogenated alkanes) is 1. The van der Waals surface area contributed by atoms with Crippen molar-refractivity contribution in [3.8, 4) is 22.7 Å². The van der Waals surface area contributed by atoms with Crippen LogP contribution in [0.15, 0.2) is 73.3 Å².